The van der Waals surface area contributed by atoms with Crippen LogP contribution in [-0.2, 0) is 26.6 Å². The Balaban J connectivity index is 1.44. The van der Waals surface area contributed by atoms with Crippen molar-refractivity contribution < 1.29 is 16.8 Å². The van der Waals surface area contributed by atoms with Gasteiger partial charge in [0.1, 0.15) is 0 Å². The lowest BCUT2D eigenvalue weighted by molar-refractivity contribution is 0.140. The SMILES string of the molecule is O=S(=O)(NC1CCCCC1)c1ccc(S(=O)(=O)N2CCCN(Cc3ccccc3)C2)cc1. The first-order valence-corrected chi connectivity index (χ1v) is 14.2. The molecule has 2 aromatic rings. The van der Waals surface area contributed by atoms with E-state index in [1.807, 2.05) is 30.3 Å². The molecule has 0 amide bonds. The molecule has 32 heavy (non-hydrogen) atoms. The molecule has 2 aromatic carbocycles. The zero-order valence-electron chi connectivity index (χ0n) is 18.2. The molecule has 1 N–H and O–H groups in total. The molecule has 4 rings (SSSR count). The first-order valence-electron chi connectivity index (χ1n) is 11.2. The van der Waals surface area contributed by atoms with E-state index in [9.17, 15) is 16.8 Å². The molecule has 0 unspecified atom stereocenters. The highest BCUT2D eigenvalue weighted by atomic mass is 32.2. The maximum Gasteiger partial charge on any atom is 0.244 e. The number of nitrogens with one attached hydrogen (secondary N) is 1. The Morgan fingerprint density at radius 3 is 2.12 bits per heavy atom. The van der Waals surface area contributed by atoms with Crippen LogP contribution >= 0.6 is 0 Å². The third kappa shape index (κ3) is 5.58. The third-order valence-electron chi connectivity index (χ3n) is 6.19. The van der Waals surface area contributed by atoms with Crippen LogP contribution < -0.4 is 4.72 Å². The first kappa shape index (κ1) is 23.4. The minimum absolute atomic E-state index is 0.0406. The zero-order chi connectivity index (χ0) is 22.6. The lowest BCUT2D eigenvalue weighted by Gasteiger charge is -2.34. The molecule has 1 aliphatic carbocycles. The van der Waals surface area contributed by atoms with Crippen molar-refractivity contribution in [3.63, 3.8) is 0 Å². The number of nitrogens with zero attached hydrogens (tertiary/aromatic N) is 2. The van der Waals surface area contributed by atoms with Crippen LogP contribution in [0.25, 0.3) is 0 Å². The normalized spacial score (nSPS) is 19.8. The Morgan fingerprint density at radius 2 is 1.44 bits per heavy atom. The van der Waals surface area contributed by atoms with Crippen molar-refractivity contribution in [2.75, 3.05) is 19.8 Å². The van der Waals surface area contributed by atoms with Crippen LogP contribution in [0.4, 0.5) is 0 Å². The zero-order valence-corrected chi connectivity index (χ0v) is 19.8. The number of sulfonamides is 2. The van der Waals surface area contributed by atoms with Crippen molar-refractivity contribution in [3.8, 4) is 0 Å². The van der Waals surface area contributed by atoms with Crippen LogP contribution in [0.5, 0.6) is 0 Å². The highest BCUT2D eigenvalue weighted by Gasteiger charge is 2.30. The third-order valence-corrected chi connectivity index (χ3v) is 9.57. The maximum absolute atomic E-state index is 13.2. The van der Waals surface area contributed by atoms with E-state index in [1.165, 1.54) is 28.6 Å². The predicted molar refractivity (Wildman–Crippen MR) is 124 cm³/mol. The molecule has 1 heterocycles. The fourth-order valence-electron chi connectivity index (χ4n) is 4.45. The van der Waals surface area contributed by atoms with Crippen molar-refractivity contribution in [2.24, 2.45) is 0 Å². The molecular weight excluding hydrogens is 446 g/mol. The Labute approximate surface area is 191 Å². The summed E-state index contributed by atoms with van der Waals surface area (Å²) in [4.78, 5) is 2.34. The summed E-state index contributed by atoms with van der Waals surface area (Å²) in [6.45, 7) is 2.30. The van der Waals surface area contributed by atoms with Gasteiger partial charge < -0.3 is 0 Å². The Morgan fingerprint density at radius 1 is 0.781 bits per heavy atom. The number of rotatable bonds is 7. The van der Waals surface area contributed by atoms with Crippen LogP contribution in [0.1, 0.15) is 44.1 Å². The van der Waals surface area contributed by atoms with Gasteiger partial charge in [0.05, 0.1) is 16.5 Å². The van der Waals surface area contributed by atoms with Gasteiger partial charge in [0.2, 0.25) is 20.0 Å². The minimum Gasteiger partial charge on any atom is -0.285 e. The van der Waals surface area contributed by atoms with Gasteiger partial charge in [-0.1, -0.05) is 49.6 Å². The van der Waals surface area contributed by atoms with Crippen molar-refractivity contribution in [3.05, 3.63) is 60.2 Å². The summed E-state index contributed by atoms with van der Waals surface area (Å²) in [5.41, 5.74) is 1.15. The van der Waals surface area contributed by atoms with Crippen LogP contribution in [0.2, 0.25) is 0 Å². The van der Waals surface area contributed by atoms with E-state index in [1.54, 1.807) is 0 Å². The summed E-state index contributed by atoms with van der Waals surface area (Å²) in [6.07, 6.45) is 5.65. The van der Waals surface area contributed by atoms with Crippen LogP contribution in [-0.4, -0.2) is 51.8 Å². The van der Waals surface area contributed by atoms with Gasteiger partial charge in [-0.15, -0.1) is 0 Å². The standard InChI is InChI=1S/C23H31N3O4S2/c27-31(28,24-21-10-5-2-6-11-21)22-12-14-23(15-13-22)32(29,30)26-17-7-16-25(19-26)18-20-8-3-1-4-9-20/h1,3-4,8-9,12-15,21,24H,2,5-7,10-11,16-19H2. The van der Waals surface area contributed by atoms with Gasteiger partial charge in [0.15, 0.2) is 0 Å². The highest BCUT2D eigenvalue weighted by molar-refractivity contribution is 7.89. The average molecular weight is 478 g/mol. The van der Waals surface area contributed by atoms with Crippen LogP contribution in [0.15, 0.2) is 64.4 Å². The molecule has 0 atom stereocenters. The lowest BCUT2D eigenvalue weighted by atomic mass is 9.96. The summed E-state index contributed by atoms with van der Waals surface area (Å²) in [5.74, 6) is 0. The van der Waals surface area contributed by atoms with Gasteiger partial charge in [-0.25, -0.2) is 21.6 Å². The average Bonchev–Trinajstić information content (AvgIpc) is 2.80. The Kier molecular flexibility index (Phi) is 7.31. The van der Waals surface area contributed by atoms with E-state index < -0.39 is 20.0 Å². The van der Waals surface area contributed by atoms with E-state index >= 15 is 0 Å². The van der Waals surface area contributed by atoms with E-state index in [0.29, 0.717) is 19.8 Å². The van der Waals surface area contributed by atoms with E-state index in [-0.39, 0.29) is 15.8 Å². The molecule has 1 saturated carbocycles. The number of hydrogen-bond donors (Lipinski definition) is 1. The fourth-order valence-corrected chi connectivity index (χ4v) is 7.22. The first-order chi connectivity index (χ1) is 15.3. The molecule has 2 fully saturated rings. The number of hydrogen-bond acceptors (Lipinski definition) is 5. The molecular formula is C23H31N3O4S2. The minimum atomic E-state index is -3.70. The van der Waals surface area contributed by atoms with Crippen molar-refractivity contribution in [1.82, 2.24) is 13.9 Å². The molecule has 9 heteroatoms. The second-order valence-corrected chi connectivity index (χ2v) is 12.3. The van der Waals surface area contributed by atoms with E-state index in [2.05, 4.69) is 9.62 Å². The van der Waals surface area contributed by atoms with Gasteiger partial charge >= 0.3 is 0 Å². The van der Waals surface area contributed by atoms with Gasteiger partial charge in [-0.2, -0.15) is 4.31 Å². The summed E-state index contributed by atoms with van der Waals surface area (Å²) < 4.78 is 56.0. The second-order valence-electron chi connectivity index (χ2n) is 8.64. The molecule has 1 saturated heterocycles. The molecule has 2 aliphatic rings. The molecule has 0 spiro atoms. The molecule has 0 radical (unpaired) electrons. The summed E-state index contributed by atoms with van der Waals surface area (Å²) in [7, 11) is -7.36. The van der Waals surface area contributed by atoms with Crippen LogP contribution in [0, 0.1) is 0 Å². The second kappa shape index (κ2) is 10.0. The van der Waals surface area contributed by atoms with E-state index in [0.717, 1.165) is 50.6 Å². The largest absolute Gasteiger partial charge is 0.285 e. The number of benzene rings is 2. The van der Waals surface area contributed by atoms with Gasteiger partial charge in [0, 0.05) is 25.7 Å². The van der Waals surface area contributed by atoms with Crippen molar-refractivity contribution in [1.29, 1.82) is 0 Å². The van der Waals surface area contributed by atoms with Crippen molar-refractivity contribution >= 4 is 20.0 Å². The molecule has 0 aromatic heterocycles. The summed E-state index contributed by atoms with van der Waals surface area (Å²) >= 11 is 0. The van der Waals surface area contributed by atoms with Crippen LogP contribution in [0.3, 0.4) is 0 Å². The lowest BCUT2D eigenvalue weighted by Crippen LogP contribution is -2.47. The molecule has 7 nitrogen and oxygen atoms in total. The monoisotopic (exact) mass is 477 g/mol. The van der Waals surface area contributed by atoms with Gasteiger partial charge in [-0.05, 0) is 49.1 Å². The Hall–Kier alpha value is -1.78. The summed E-state index contributed by atoms with van der Waals surface area (Å²) in [5, 5.41) is 0. The molecule has 174 valence electrons. The fraction of sp³-hybridized carbons (Fsp3) is 0.478. The smallest absolute Gasteiger partial charge is 0.244 e. The summed E-state index contributed by atoms with van der Waals surface area (Å²) in [6, 6.07) is 15.5. The predicted octanol–water partition coefficient (Wildman–Crippen LogP) is 3.15. The quantitative estimate of drug-likeness (QED) is 0.662. The maximum atomic E-state index is 13.2. The van der Waals surface area contributed by atoms with E-state index in [4.69, 9.17) is 0 Å². The molecule has 0 bridgehead atoms. The highest BCUT2D eigenvalue weighted by Crippen LogP contribution is 2.23. The Bertz CT molecular complexity index is 1100. The van der Waals surface area contributed by atoms with Gasteiger partial charge in [-0.3, -0.25) is 4.90 Å². The van der Waals surface area contributed by atoms with Crippen molar-refractivity contribution in [2.45, 2.75) is 60.9 Å². The topological polar surface area (TPSA) is 86.8 Å². The molecule has 1 aliphatic heterocycles. The van der Waals surface area contributed by atoms with Gasteiger partial charge in [0.25, 0.3) is 0 Å².